The van der Waals surface area contributed by atoms with E-state index >= 15 is 0 Å². The average molecular weight is 320 g/mol. The highest BCUT2D eigenvalue weighted by Gasteiger charge is 2.27. The first-order valence-corrected chi connectivity index (χ1v) is 7.97. The molecule has 0 saturated carbocycles. The second-order valence-corrected chi connectivity index (χ2v) is 5.85. The van der Waals surface area contributed by atoms with Gasteiger partial charge in [0.25, 0.3) is 0 Å². The molecule has 2 nitrogen and oxygen atoms in total. The lowest BCUT2D eigenvalue weighted by Crippen LogP contribution is -2.04. The maximum Gasteiger partial charge on any atom is 0.126 e. The molecule has 0 bridgehead atoms. The van der Waals surface area contributed by atoms with Crippen LogP contribution in [-0.2, 0) is 18.0 Å². The number of rotatable bonds is 4. The normalized spacial score (nSPS) is 16.0. The lowest BCUT2D eigenvalue weighted by molar-refractivity contribution is 0.0909. The molecule has 0 aliphatic carbocycles. The molecule has 0 spiro atoms. The topological polar surface area (TPSA) is 18.5 Å². The molecule has 0 fully saturated rings. The molecular weight excluding hydrogens is 303 g/mol. The van der Waals surface area contributed by atoms with Gasteiger partial charge in [-0.3, -0.25) is 0 Å². The highest BCUT2D eigenvalue weighted by molar-refractivity contribution is 5.45. The number of hydrogen-bond donors (Lipinski definition) is 0. The van der Waals surface area contributed by atoms with Gasteiger partial charge in [-0.25, -0.2) is 4.39 Å². The monoisotopic (exact) mass is 320 g/mol. The SMILES string of the molecule is Fc1ccc(OCc2ccccc2)c(C2OCc3ccccc32)c1. The Kier molecular flexibility index (Phi) is 4.01. The molecule has 3 aromatic carbocycles. The smallest absolute Gasteiger partial charge is 0.126 e. The fourth-order valence-corrected chi connectivity index (χ4v) is 3.03. The molecule has 1 aliphatic heterocycles. The van der Waals surface area contributed by atoms with Crippen LogP contribution in [0.4, 0.5) is 4.39 Å². The van der Waals surface area contributed by atoms with E-state index in [1.165, 1.54) is 12.1 Å². The summed E-state index contributed by atoms with van der Waals surface area (Å²) in [6.45, 7) is 0.976. The Balaban J connectivity index is 1.65. The van der Waals surface area contributed by atoms with Crippen molar-refractivity contribution in [1.29, 1.82) is 0 Å². The van der Waals surface area contributed by atoms with Crippen LogP contribution in [0.3, 0.4) is 0 Å². The standard InChI is InChI=1S/C21H17FO2/c22-17-10-11-20(23-13-15-6-2-1-3-7-15)19(12-17)21-18-9-5-4-8-16(18)14-24-21/h1-12,21H,13-14H2. The molecule has 0 N–H and O–H groups in total. The van der Waals surface area contributed by atoms with E-state index in [1.54, 1.807) is 6.07 Å². The van der Waals surface area contributed by atoms with Crippen LogP contribution in [-0.4, -0.2) is 0 Å². The van der Waals surface area contributed by atoms with E-state index in [2.05, 4.69) is 0 Å². The van der Waals surface area contributed by atoms with Crippen LogP contribution in [0.1, 0.15) is 28.4 Å². The highest BCUT2D eigenvalue weighted by atomic mass is 19.1. The van der Waals surface area contributed by atoms with E-state index in [0.717, 1.165) is 22.3 Å². The average Bonchev–Trinajstić information content (AvgIpc) is 3.05. The third-order valence-electron chi connectivity index (χ3n) is 4.23. The van der Waals surface area contributed by atoms with Crippen LogP contribution >= 0.6 is 0 Å². The van der Waals surface area contributed by atoms with Crippen molar-refractivity contribution in [3.8, 4) is 5.75 Å². The fourth-order valence-electron chi connectivity index (χ4n) is 3.03. The van der Waals surface area contributed by atoms with Gasteiger partial charge in [0.15, 0.2) is 0 Å². The van der Waals surface area contributed by atoms with E-state index in [1.807, 2.05) is 54.6 Å². The number of benzene rings is 3. The third kappa shape index (κ3) is 2.91. The van der Waals surface area contributed by atoms with Crippen molar-refractivity contribution in [3.05, 3.63) is 101 Å². The van der Waals surface area contributed by atoms with Crippen molar-refractivity contribution >= 4 is 0 Å². The van der Waals surface area contributed by atoms with Crippen molar-refractivity contribution in [3.63, 3.8) is 0 Å². The molecule has 1 heterocycles. The van der Waals surface area contributed by atoms with Gasteiger partial charge in [-0.15, -0.1) is 0 Å². The van der Waals surface area contributed by atoms with Crippen molar-refractivity contribution < 1.29 is 13.9 Å². The molecule has 0 aromatic heterocycles. The lowest BCUT2D eigenvalue weighted by atomic mass is 9.98. The van der Waals surface area contributed by atoms with Gasteiger partial charge >= 0.3 is 0 Å². The number of hydrogen-bond acceptors (Lipinski definition) is 2. The van der Waals surface area contributed by atoms with Crippen LogP contribution in [0.2, 0.25) is 0 Å². The van der Waals surface area contributed by atoms with E-state index in [9.17, 15) is 4.39 Å². The predicted molar refractivity (Wildman–Crippen MR) is 90.2 cm³/mol. The van der Waals surface area contributed by atoms with Crippen molar-refractivity contribution in [2.45, 2.75) is 19.3 Å². The summed E-state index contributed by atoms with van der Waals surface area (Å²) < 4.78 is 25.7. The number of halogens is 1. The first kappa shape index (κ1) is 14.9. The van der Waals surface area contributed by atoms with Crippen molar-refractivity contribution in [1.82, 2.24) is 0 Å². The second kappa shape index (κ2) is 6.46. The molecule has 1 unspecified atom stereocenters. The zero-order valence-electron chi connectivity index (χ0n) is 13.1. The van der Waals surface area contributed by atoms with Gasteiger partial charge in [0, 0.05) is 5.56 Å². The summed E-state index contributed by atoms with van der Waals surface area (Å²) in [6.07, 6.45) is -0.289. The molecule has 4 rings (SSSR count). The quantitative estimate of drug-likeness (QED) is 0.671. The van der Waals surface area contributed by atoms with Crippen LogP contribution < -0.4 is 4.74 Å². The Labute approximate surface area is 140 Å². The van der Waals surface area contributed by atoms with Crippen LogP contribution in [0.5, 0.6) is 5.75 Å². The summed E-state index contributed by atoms with van der Waals surface area (Å²) in [5, 5.41) is 0. The third-order valence-corrected chi connectivity index (χ3v) is 4.23. The first-order valence-electron chi connectivity index (χ1n) is 7.97. The molecule has 24 heavy (non-hydrogen) atoms. The minimum Gasteiger partial charge on any atom is -0.489 e. The van der Waals surface area contributed by atoms with E-state index in [-0.39, 0.29) is 11.9 Å². The summed E-state index contributed by atoms with van der Waals surface area (Å²) in [6, 6.07) is 22.6. The van der Waals surface area contributed by atoms with Gasteiger partial charge in [-0.2, -0.15) is 0 Å². The maximum absolute atomic E-state index is 13.8. The lowest BCUT2D eigenvalue weighted by Gasteiger charge is -2.17. The summed E-state index contributed by atoms with van der Waals surface area (Å²) in [5.41, 5.74) is 4.02. The Morgan fingerprint density at radius 1 is 0.917 bits per heavy atom. The Bertz CT molecular complexity index is 845. The molecule has 0 saturated heterocycles. The van der Waals surface area contributed by atoms with Crippen LogP contribution in [0.15, 0.2) is 72.8 Å². The van der Waals surface area contributed by atoms with Gasteiger partial charge in [0.2, 0.25) is 0 Å². The molecule has 1 aliphatic rings. The summed E-state index contributed by atoms with van der Waals surface area (Å²) in [5.74, 6) is 0.368. The molecule has 120 valence electrons. The minimum absolute atomic E-state index is 0.287. The second-order valence-electron chi connectivity index (χ2n) is 5.85. The maximum atomic E-state index is 13.8. The van der Waals surface area contributed by atoms with Crippen LogP contribution in [0.25, 0.3) is 0 Å². The van der Waals surface area contributed by atoms with Gasteiger partial charge in [0.1, 0.15) is 24.3 Å². The molecule has 1 atom stereocenters. The minimum atomic E-state index is -0.289. The zero-order chi connectivity index (χ0) is 16.4. The van der Waals surface area contributed by atoms with Gasteiger partial charge in [-0.05, 0) is 34.9 Å². The molecule has 3 aromatic rings. The summed E-state index contributed by atoms with van der Waals surface area (Å²) in [7, 11) is 0. The van der Waals surface area contributed by atoms with Gasteiger partial charge in [-0.1, -0.05) is 54.6 Å². The molecular formula is C21H17FO2. The van der Waals surface area contributed by atoms with Crippen molar-refractivity contribution in [2.75, 3.05) is 0 Å². The van der Waals surface area contributed by atoms with Gasteiger partial charge in [0.05, 0.1) is 6.61 Å². The largest absolute Gasteiger partial charge is 0.489 e. The number of fused-ring (bicyclic) bond motifs is 1. The molecule has 0 radical (unpaired) electrons. The predicted octanol–water partition coefficient (Wildman–Crippen LogP) is 5.02. The summed E-state index contributed by atoms with van der Waals surface area (Å²) in [4.78, 5) is 0. The summed E-state index contributed by atoms with van der Waals surface area (Å²) >= 11 is 0. The Morgan fingerprint density at radius 2 is 1.71 bits per heavy atom. The zero-order valence-corrected chi connectivity index (χ0v) is 13.1. The Morgan fingerprint density at radius 3 is 2.58 bits per heavy atom. The molecule has 3 heteroatoms. The van der Waals surface area contributed by atoms with Gasteiger partial charge < -0.3 is 9.47 Å². The number of ether oxygens (including phenoxy) is 2. The van der Waals surface area contributed by atoms with E-state index in [0.29, 0.717) is 19.0 Å². The van der Waals surface area contributed by atoms with E-state index < -0.39 is 0 Å². The van der Waals surface area contributed by atoms with E-state index in [4.69, 9.17) is 9.47 Å². The fraction of sp³-hybridized carbons (Fsp3) is 0.143. The van der Waals surface area contributed by atoms with Crippen molar-refractivity contribution in [2.24, 2.45) is 0 Å². The Hall–Kier alpha value is -2.65. The molecule has 0 amide bonds. The first-order chi connectivity index (χ1) is 11.8. The van der Waals surface area contributed by atoms with Crippen LogP contribution in [0, 0.1) is 5.82 Å². The highest BCUT2D eigenvalue weighted by Crippen LogP contribution is 2.40.